The van der Waals surface area contributed by atoms with Crippen molar-refractivity contribution >= 4 is 22.4 Å². The van der Waals surface area contributed by atoms with E-state index in [4.69, 9.17) is 4.74 Å². The minimum absolute atomic E-state index is 0.00846. The molecule has 3 aromatic rings. The van der Waals surface area contributed by atoms with Crippen LogP contribution in [0, 0.1) is 6.92 Å². The molecule has 6 nitrogen and oxygen atoms in total. The monoisotopic (exact) mass is 404 g/mol. The van der Waals surface area contributed by atoms with Gasteiger partial charge in [0, 0.05) is 23.9 Å². The highest BCUT2D eigenvalue weighted by molar-refractivity contribution is 7.19. The van der Waals surface area contributed by atoms with Crippen molar-refractivity contribution < 1.29 is 18.3 Å². The first-order valence-electron chi connectivity index (χ1n) is 8.76. The van der Waals surface area contributed by atoms with E-state index in [1.165, 1.54) is 12.4 Å². The largest absolute Gasteiger partial charge is 0.489 e. The fraction of sp³-hybridized carbons (Fsp3) is 0.316. The SMILES string of the molecule is Cc1nc(NC(=O)c2cccc3c2O[C@@H](C)[C@@H]3C)sc1-c1nccn1C(F)F. The van der Waals surface area contributed by atoms with Crippen LogP contribution >= 0.6 is 11.3 Å². The van der Waals surface area contributed by atoms with E-state index in [2.05, 4.69) is 22.2 Å². The third kappa shape index (κ3) is 3.05. The number of fused-ring (bicyclic) bond motifs is 1. The van der Waals surface area contributed by atoms with Gasteiger partial charge in [0.1, 0.15) is 11.9 Å². The average molecular weight is 404 g/mol. The number of benzene rings is 1. The Bertz CT molecular complexity index is 1050. The van der Waals surface area contributed by atoms with Gasteiger partial charge in [-0.05, 0) is 19.9 Å². The number of nitrogens with zero attached hydrogens (tertiary/aromatic N) is 3. The van der Waals surface area contributed by atoms with E-state index < -0.39 is 6.55 Å². The molecule has 2 atom stereocenters. The van der Waals surface area contributed by atoms with Crippen LogP contribution in [0.25, 0.3) is 10.7 Å². The molecule has 0 radical (unpaired) electrons. The Morgan fingerprint density at radius 2 is 2.14 bits per heavy atom. The second-order valence-electron chi connectivity index (χ2n) is 6.66. The minimum Gasteiger partial charge on any atom is -0.489 e. The molecule has 1 amide bonds. The molecule has 0 saturated carbocycles. The lowest BCUT2D eigenvalue weighted by Gasteiger charge is -2.09. The number of carbonyl (C=O) groups is 1. The number of rotatable bonds is 4. The summed E-state index contributed by atoms with van der Waals surface area (Å²) in [5.74, 6) is 0.555. The fourth-order valence-electron chi connectivity index (χ4n) is 3.23. The molecule has 0 bridgehead atoms. The van der Waals surface area contributed by atoms with E-state index in [1.54, 1.807) is 13.0 Å². The van der Waals surface area contributed by atoms with Gasteiger partial charge in [0.25, 0.3) is 5.91 Å². The maximum absolute atomic E-state index is 13.1. The second kappa shape index (κ2) is 6.97. The maximum Gasteiger partial charge on any atom is 0.320 e. The van der Waals surface area contributed by atoms with Crippen molar-refractivity contribution in [1.82, 2.24) is 14.5 Å². The van der Waals surface area contributed by atoms with Gasteiger partial charge in [-0.2, -0.15) is 8.78 Å². The Morgan fingerprint density at radius 3 is 2.89 bits per heavy atom. The van der Waals surface area contributed by atoms with Crippen molar-refractivity contribution in [3.05, 3.63) is 47.4 Å². The smallest absolute Gasteiger partial charge is 0.320 e. The van der Waals surface area contributed by atoms with Gasteiger partial charge >= 0.3 is 6.55 Å². The number of aryl methyl sites for hydroxylation is 1. The van der Waals surface area contributed by atoms with Crippen molar-refractivity contribution in [2.45, 2.75) is 39.3 Å². The van der Waals surface area contributed by atoms with Crippen molar-refractivity contribution in [2.24, 2.45) is 0 Å². The molecule has 1 aliphatic rings. The number of thiazole rings is 1. The van der Waals surface area contributed by atoms with Crippen molar-refractivity contribution in [2.75, 3.05) is 5.32 Å². The average Bonchev–Trinajstić information content (AvgIpc) is 3.33. The number of carbonyl (C=O) groups excluding carboxylic acids is 1. The first-order valence-corrected chi connectivity index (χ1v) is 9.58. The molecule has 0 aliphatic carbocycles. The van der Waals surface area contributed by atoms with Crippen LogP contribution in [0.15, 0.2) is 30.6 Å². The van der Waals surface area contributed by atoms with Crippen molar-refractivity contribution in [1.29, 1.82) is 0 Å². The standard InChI is InChI=1S/C19H18F2N4O2S/c1-9-11(3)27-14-12(9)5-4-6-13(14)17(26)24-19-23-10(2)15(28-19)16-22-7-8-25(16)18(20)21/h4-9,11,18H,1-3H3,(H,23,24,26)/t9-,11-/m0/s1. The van der Waals surface area contributed by atoms with Crippen molar-refractivity contribution in [3.63, 3.8) is 0 Å². The lowest BCUT2D eigenvalue weighted by atomic mass is 9.97. The van der Waals surface area contributed by atoms with E-state index in [1.807, 2.05) is 19.1 Å². The highest BCUT2D eigenvalue weighted by Crippen LogP contribution is 2.41. The Hall–Kier alpha value is -2.81. The van der Waals surface area contributed by atoms with E-state index in [0.717, 1.165) is 21.5 Å². The van der Waals surface area contributed by atoms with Crippen LogP contribution in [0.2, 0.25) is 0 Å². The Labute approximate surface area is 164 Å². The van der Waals surface area contributed by atoms with Crippen LogP contribution in [0.3, 0.4) is 0 Å². The fourth-order valence-corrected chi connectivity index (χ4v) is 4.20. The number of alkyl halides is 2. The zero-order chi connectivity index (χ0) is 20.0. The molecule has 1 aromatic carbocycles. The number of anilines is 1. The van der Waals surface area contributed by atoms with Crippen LogP contribution in [0.4, 0.5) is 13.9 Å². The summed E-state index contributed by atoms with van der Waals surface area (Å²) in [5, 5.41) is 3.07. The van der Waals surface area contributed by atoms with Gasteiger partial charge < -0.3 is 4.74 Å². The van der Waals surface area contributed by atoms with E-state index in [-0.39, 0.29) is 23.8 Å². The molecule has 0 unspecified atom stereocenters. The molecule has 2 aromatic heterocycles. The summed E-state index contributed by atoms with van der Waals surface area (Å²) in [6, 6.07) is 5.48. The molecular formula is C19H18F2N4O2S. The number of ether oxygens (including phenoxy) is 1. The maximum atomic E-state index is 13.1. The van der Waals surface area contributed by atoms with Gasteiger partial charge in [0.2, 0.25) is 0 Å². The van der Waals surface area contributed by atoms with Crippen molar-refractivity contribution in [3.8, 4) is 16.5 Å². The Kier molecular flexibility index (Phi) is 4.62. The number of imidazole rings is 1. The lowest BCUT2D eigenvalue weighted by molar-refractivity contribution is 0.0720. The number of hydrogen-bond donors (Lipinski definition) is 1. The van der Waals surface area contributed by atoms with Crippen LogP contribution in [-0.2, 0) is 0 Å². The topological polar surface area (TPSA) is 69.0 Å². The molecule has 4 rings (SSSR count). The van der Waals surface area contributed by atoms with Gasteiger partial charge in [0.05, 0.1) is 16.1 Å². The molecule has 1 aliphatic heterocycles. The van der Waals surface area contributed by atoms with Gasteiger partial charge in [-0.3, -0.25) is 14.7 Å². The predicted molar refractivity (Wildman–Crippen MR) is 102 cm³/mol. The molecule has 1 N–H and O–H groups in total. The molecule has 9 heteroatoms. The van der Waals surface area contributed by atoms with Gasteiger partial charge in [0.15, 0.2) is 11.0 Å². The van der Waals surface area contributed by atoms with Gasteiger partial charge in [-0.15, -0.1) is 0 Å². The molecule has 146 valence electrons. The summed E-state index contributed by atoms with van der Waals surface area (Å²) < 4.78 is 32.9. The summed E-state index contributed by atoms with van der Waals surface area (Å²) in [7, 11) is 0. The number of aromatic nitrogens is 3. The number of para-hydroxylation sites is 1. The van der Waals surface area contributed by atoms with E-state index in [9.17, 15) is 13.6 Å². The third-order valence-corrected chi connectivity index (χ3v) is 5.96. The van der Waals surface area contributed by atoms with E-state index >= 15 is 0 Å². The van der Waals surface area contributed by atoms with Crippen LogP contribution in [0.5, 0.6) is 5.75 Å². The summed E-state index contributed by atoms with van der Waals surface area (Å²) in [6.07, 6.45) is 2.52. The first-order chi connectivity index (χ1) is 13.4. The normalized spacial score (nSPS) is 18.2. The number of hydrogen-bond acceptors (Lipinski definition) is 5. The molecule has 3 heterocycles. The van der Waals surface area contributed by atoms with E-state index in [0.29, 0.717) is 27.0 Å². The summed E-state index contributed by atoms with van der Waals surface area (Å²) in [5.41, 5.74) is 1.94. The molecule has 0 fully saturated rings. The molecule has 28 heavy (non-hydrogen) atoms. The van der Waals surface area contributed by atoms with Gasteiger partial charge in [-0.1, -0.05) is 30.4 Å². The quantitative estimate of drug-likeness (QED) is 0.675. The minimum atomic E-state index is -2.70. The highest BCUT2D eigenvalue weighted by Gasteiger charge is 2.31. The molecular weight excluding hydrogens is 386 g/mol. The zero-order valence-corrected chi connectivity index (χ0v) is 16.3. The Balaban J connectivity index is 1.62. The molecule has 0 spiro atoms. The third-order valence-electron chi connectivity index (χ3n) is 4.89. The Morgan fingerprint density at radius 1 is 1.36 bits per heavy atom. The molecule has 0 saturated heterocycles. The number of nitrogens with one attached hydrogen (secondary N) is 1. The van der Waals surface area contributed by atoms with Gasteiger partial charge in [-0.25, -0.2) is 9.97 Å². The summed E-state index contributed by atoms with van der Waals surface area (Å²) in [4.78, 5) is 21.6. The first kappa shape index (κ1) is 18.5. The van der Waals surface area contributed by atoms with Crippen LogP contribution in [0.1, 0.15) is 47.9 Å². The lowest BCUT2D eigenvalue weighted by Crippen LogP contribution is -2.14. The highest BCUT2D eigenvalue weighted by atomic mass is 32.1. The number of halogens is 2. The predicted octanol–water partition coefficient (Wildman–Crippen LogP) is 4.85. The van der Waals surface area contributed by atoms with Crippen LogP contribution < -0.4 is 10.1 Å². The summed E-state index contributed by atoms with van der Waals surface area (Å²) in [6.45, 7) is 3.01. The summed E-state index contributed by atoms with van der Waals surface area (Å²) >= 11 is 1.11. The second-order valence-corrected chi connectivity index (χ2v) is 7.66. The zero-order valence-electron chi connectivity index (χ0n) is 15.4. The number of amides is 1. The van der Waals surface area contributed by atoms with Crippen LogP contribution in [-0.4, -0.2) is 26.5 Å².